The van der Waals surface area contributed by atoms with Crippen LogP contribution in [0.3, 0.4) is 0 Å². The topological polar surface area (TPSA) is 21.3 Å². The highest BCUT2D eigenvalue weighted by Crippen LogP contribution is 2.24. The molecule has 1 aromatic rings. The fraction of sp³-hybridized carbons (Fsp3) is 0.500. The average molecular weight is 260 g/mol. The molecule has 0 spiro atoms. The van der Waals surface area contributed by atoms with E-state index in [0.717, 1.165) is 38.2 Å². The van der Waals surface area contributed by atoms with Gasteiger partial charge in [0.2, 0.25) is 0 Å². The highest BCUT2D eigenvalue weighted by Gasteiger charge is 2.12. The fourth-order valence-corrected chi connectivity index (χ4v) is 2.45. The number of hydrogen-bond donors (Lipinski definition) is 1. The summed E-state index contributed by atoms with van der Waals surface area (Å²) in [6.07, 6.45) is 3.26. The van der Waals surface area contributed by atoms with Crippen LogP contribution in [0.1, 0.15) is 19.3 Å². The highest BCUT2D eigenvalue weighted by molar-refractivity contribution is 6.35. The van der Waals surface area contributed by atoms with E-state index in [1.54, 1.807) is 6.07 Å². The van der Waals surface area contributed by atoms with E-state index in [1.165, 1.54) is 0 Å². The lowest BCUT2D eigenvalue weighted by atomic mass is 10.1. The van der Waals surface area contributed by atoms with Crippen molar-refractivity contribution in [2.75, 3.05) is 18.5 Å². The predicted octanol–water partition coefficient (Wildman–Crippen LogP) is 3.97. The summed E-state index contributed by atoms with van der Waals surface area (Å²) >= 11 is 11.9. The number of ether oxygens (including phenoxy) is 1. The van der Waals surface area contributed by atoms with Gasteiger partial charge in [0, 0.05) is 35.0 Å². The van der Waals surface area contributed by atoms with Crippen molar-refractivity contribution in [2.45, 2.75) is 25.3 Å². The second kappa shape index (κ2) is 5.76. The minimum absolute atomic E-state index is 0.456. The number of hydrogen-bond acceptors (Lipinski definition) is 2. The summed E-state index contributed by atoms with van der Waals surface area (Å²) in [5.41, 5.74) is 0.990. The molecule has 1 aliphatic heterocycles. The standard InChI is InChI=1S/C12H15Cl2NO/c13-9-6-10(14)8-12(7-9)15-11-2-1-4-16-5-3-11/h6-8,11,15H,1-5H2. The zero-order valence-electron chi connectivity index (χ0n) is 9.01. The van der Waals surface area contributed by atoms with E-state index in [0.29, 0.717) is 16.1 Å². The van der Waals surface area contributed by atoms with Gasteiger partial charge in [0.25, 0.3) is 0 Å². The molecule has 1 saturated heterocycles. The van der Waals surface area contributed by atoms with Crippen LogP contribution in [0.4, 0.5) is 5.69 Å². The van der Waals surface area contributed by atoms with Gasteiger partial charge in [-0.3, -0.25) is 0 Å². The van der Waals surface area contributed by atoms with Crippen LogP contribution in [0, 0.1) is 0 Å². The smallest absolute Gasteiger partial charge is 0.0485 e. The quantitative estimate of drug-likeness (QED) is 0.868. The van der Waals surface area contributed by atoms with Crippen molar-refractivity contribution in [3.8, 4) is 0 Å². The van der Waals surface area contributed by atoms with Crippen molar-refractivity contribution >= 4 is 28.9 Å². The molecule has 16 heavy (non-hydrogen) atoms. The van der Waals surface area contributed by atoms with E-state index in [4.69, 9.17) is 27.9 Å². The number of rotatable bonds is 2. The van der Waals surface area contributed by atoms with Gasteiger partial charge in [-0.1, -0.05) is 23.2 Å². The molecule has 1 fully saturated rings. The third-order valence-corrected chi connectivity index (χ3v) is 3.12. The SMILES string of the molecule is Clc1cc(Cl)cc(NC2CCCOCC2)c1. The number of halogens is 2. The highest BCUT2D eigenvalue weighted by atomic mass is 35.5. The molecule has 1 unspecified atom stereocenters. The molecule has 0 aromatic heterocycles. The molecule has 4 heteroatoms. The number of nitrogens with one attached hydrogen (secondary N) is 1. The van der Waals surface area contributed by atoms with Crippen LogP contribution in [-0.2, 0) is 4.74 Å². The van der Waals surface area contributed by atoms with Crippen LogP contribution in [0.25, 0.3) is 0 Å². The molecule has 1 N–H and O–H groups in total. The van der Waals surface area contributed by atoms with Crippen LogP contribution in [0.2, 0.25) is 10.0 Å². The van der Waals surface area contributed by atoms with E-state index >= 15 is 0 Å². The summed E-state index contributed by atoms with van der Waals surface area (Å²) in [4.78, 5) is 0. The molecule has 1 atom stereocenters. The summed E-state index contributed by atoms with van der Waals surface area (Å²) in [6.45, 7) is 1.69. The Balaban J connectivity index is 2.01. The van der Waals surface area contributed by atoms with Gasteiger partial charge in [-0.05, 0) is 37.5 Å². The van der Waals surface area contributed by atoms with Crippen molar-refractivity contribution in [2.24, 2.45) is 0 Å². The van der Waals surface area contributed by atoms with E-state index in [2.05, 4.69) is 5.32 Å². The van der Waals surface area contributed by atoms with Crippen LogP contribution < -0.4 is 5.32 Å². The van der Waals surface area contributed by atoms with Crippen molar-refractivity contribution in [1.29, 1.82) is 0 Å². The lowest BCUT2D eigenvalue weighted by molar-refractivity contribution is 0.144. The fourth-order valence-electron chi connectivity index (χ4n) is 1.92. The third-order valence-electron chi connectivity index (χ3n) is 2.69. The minimum atomic E-state index is 0.456. The Morgan fingerprint density at radius 2 is 1.81 bits per heavy atom. The molecular weight excluding hydrogens is 245 g/mol. The molecule has 0 bridgehead atoms. The van der Waals surface area contributed by atoms with E-state index in [9.17, 15) is 0 Å². The molecule has 2 rings (SSSR count). The Morgan fingerprint density at radius 1 is 1.06 bits per heavy atom. The maximum absolute atomic E-state index is 5.95. The van der Waals surface area contributed by atoms with Gasteiger partial charge in [-0.25, -0.2) is 0 Å². The van der Waals surface area contributed by atoms with Crippen LogP contribution in [0.15, 0.2) is 18.2 Å². The Kier molecular flexibility index (Phi) is 4.33. The van der Waals surface area contributed by atoms with Crippen molar-refractivity contribution < 1.29 is 4.74 Å². The zero-order chi connectivity index (χ0) is 11.4. The van der Waals surface area contributed by atoms with E-state index in [1.807, 2.05) is 12.1 Å². The summed E-state index contributed by atoms with van der Waals surface area (Å²) in [7, 11) is 0. The van der Waals surface area contributed by atoms with Gasteiger partial charge in [0.1, 0.15) is 0 Å². The molecular formula is C12H15Cl2NO. The van der Waals surface area contributed by atoms with Crippen LogP contribution in [0.5, 0.6) is 0 Å². The Bertz CT molecular complexity index is 329. The Morgan fingerprint density at radius 3 is 2.56 bits per heavy atom. The molecule has 1 aliphatic rings. The summed E-state index contributed by atoms with van der Waals surface area (Å²) in [5, 5.41) is 4.79. The van der Waals surface area contributed by atoms with Gasteiger partial charge < -0.3 is 10.1 Å². The van der Waals surface area contributed by atoms with Gasteiger partial charge >= 0.3 is 0 Å². The molecule has 0 radical (unpaired) electrons. The lowest BCUT2D eigenvalue weighted by Gasteiger charge is -2.17. The molecule has 1 aromatic carbocycles. The minimum Gasteiger partial charge on any atom is -0.382 e. The summed E-state index contributed by atoms with van der Waals surface area (Å²) in [5.74, 6) is 0. The van der Waals surface area contributed by atoms with Crippen LogP contribution in [-0.4, -0.2) is 19.3 Å². The lowest BCUT2D eigenvalue weighted by Crippen LogP contribution is -2.19. The zero-order valence-corrected chi connectivity index (χ0v) is 10.5. The Hall–Kier alpha value is -0.440. The van der Waals surface area contributed by atoms with E-state index in [-0.39, 0.29) is 0 Å². The largest absolute Gasteiger partial charge is 0.382 e. The first-order chi connectivity index (χ1) is 7.74. The van der Waals surface area contributed by atoms with Gasteiger partial charge in [0.15, 0.2) is 0 Å². The number of benzene rings is 1. The van der Waals surface area contributed by atoms with Crippen molar-refractivity contribution in [3.63, 3.8) is 0 Å². The molecule has 0 saturated carbocycles. The first kappa shape index (κ1) is 12.0. The first-order valence-electron chi connectivity index (χ1n) is 5.54. The summed E-state index contributed by atoms with van der Waals surface area (Å²) < 4.78 is 5.42. The Labute approximate surface area is 106 Å². The summed E-state index contributed by atoms with van der Waals surface area (Å²) in [6, 6.07) is 6.00. The second-order valence-electron chi connectivity index (χ2n) is 4.04. The third kappa shape index (κ3) is 3.55. The molecule has 1 heterocycles. The van der Waals surface area contributed by atoms with Gasteiger partial charge in [-0.15, -0.1) is 0 Å². The maximum Gasteiger partial charge on any atom is 0.0485 e. The van der Waals surface area contributed by atoms with Gasteiger partial charge in [0.05, 0.1) is 0 Å². The molecule has 2 nitrogen and oxygen atoms in total. The van der Waals surface area contributed by atoms with Crippen molar-refractivity contribution in [1.82, 2.24) is 0 Å². The average Bonchev–Trinajstić information content (AvgIpc) is 2.44. The van der Waals surface area contributed by atoms with Crippen molar-refractivity contribution in [3.05, 3.63) is 28.2 Å². The van der Waals surface area contributed by atoms with E-state index < -0.39 is 0 Å². The normalized spacial score (nSPS) is 21.5. The number of anilines is 1. The first-order valence-corrected chi connectivity index (χ1v) is 6.30. The maximum atomic E-state index is 5.95. The molecule has 0 amide bonds. The monoisotopic (exact) mass is 259 g/mol. The second-order valence-corrected chi connectivity index (χ2v) is 4.92. The predicted molar refractivity (Wildman–Crippen MR) is 68.5 cm³/mol. The van der Waals surface area contributed by atoms with Crippen LogP contribution >= 0.6 is 23.2 Å². The van der Waals surface area contributed by atoms with Gasteiger partial charge in [-0.2, -0.15) is 0 Å². The molecule has 0 aliphatic carbocycles. The molecule has 88 valence electrons.